The number of aromatic nitrogens is 3. The summed E-state index contributed by atoms with van der Waals surface area (Å²) in [5.74, 6) is 1.15. The molecule has 0 spiro atoms. The Bertz CT molecular complexity index is 1050. The first-order chi connectivity index (χ1) is 14.2. The first-order valence-electron chi connectivity index (χ1n) is 9.71. The summed E-state index contributed by atoms with van der Waals surface area (Å²) < 4.78 is 21.1. The lowest BCUT2D eigenvalue weighted by Gasteiger charge is -2.30. The van der Waals surface area contributed by atoms with Crippen LogP contribution in [0.25, 0.3) is 5.65 Å². The molecular weight excluding hydrogens is 373 g/mol. The zero-order valence-corrected chi connectivity index (χ0v) is 16.1. The Morgan fingerprint density at radius 2 is 2.17 bits per heavy atom. The molecule has 8 heteroatoms. The van der Waals surface area contributed by atoms with Gasteiger partial charge in [0, 0.05) is 51.0 Å². The number of halogens is 1. The van der Waals surface area contributed by atoms with Crippen molar-refractivity contribution in [1.82, 2.24) is 19.3 Å². The first-order valence-corrected chi connectivity index (χ1v) is 9.71. The lowest BCUT2D eigenvalue weighted by molar-refractivity contribution is -0.136. The van der Waals surface area contributed by atoms with Gasteiger partial charge in [-0.15, -0.1) is 0 Å². The predicted molar refractivity (Wildman–Crippen MR) is 105 cm³/mol. The maximum Gasteiger partial charge on any atom is 0.249 e. The van der Waals surface area contributed by atoms with Crippen molar-refractivity contribution in [3.63, 3.8) is 0 Å². The Morgan fingerprint density at radius 1 is 1.28 bits per heavy atom. The van der Waals surface area contributed by atoms with Crippen molar-refractivity contribution in [2.24, 2.45) is 11.8 Å². The van der Waals surface area contributed by atoms with Crippen molar-refractivity contribution in [1.29, 1.82) is 0 Å². The van der Waals surface area contributed by atoms with Gasteiger partial charge in [-0.25, -0.2) is 9.37 Å². The minimum absolute atomic E-state index is 0.0350. The molecule has 2 aromatic heterocycles. The van der Waals surface area contributed by atoms with E-state index in [0.29, 0.717) is 12.5 Å². The third kappa shape index (κ3) is 3.04. The molecule has 2 fully saturated rings. The van der Waals surface area contributed by atoms with E-state index in [0.717, 1.165) is 30.1 Å². The van der Waals surface area contributed by atoms with Crippen LogP contribution in [-0.2, 0) is 9.53 Å². The van der Waals surface area contributed by atoms with E-state index in [1.165, 1.54) is 13.2 Å². The van der Waals surface area contributed by atoms with Gasteiger partial charge in [0.25, 0.3) is 0 Å². The minimum Gasteiger partial charge on any atom is -0.375 e. The fraction of sp³-hybridized carbons (Fsp3) is 0.381. The molecule has 0 radical (unpaired) electrons. The van der Waals surface area contributed by atoms with Crippen molar-refractivity contribution in [2.45, 2.75) is 6.04 Å². The van der Waals surface area contributed by atoms with Crippen LogP contribution in [0.1, 0.15) is 11.6 Å². The summed E-state index contributed by atoms with van der Waals surface area (Å²) >= 11 is 0. The molecule has 0 aliphatic carbocycles. The Morgan fingerprint density at radius 3 is 3.00 bits per heavy atom. The standard InChI is InChI=1S/C21H22FN5O2/c1-29-13-20(28)27-11-15-10-25(19-9-23-8-18-24-5-6-26(18)19)12-17(15)21(27)14-3-2-4-16(22)7-14/h2-9,15,17,21H,10-13H2,1H3/t15-,17-,21+/m1/s1. The second kappa shape index (κ2) is 7.11. The minimum atomic E-state index is -0.285. The van der Waals surface area contributed by atoms with E-state index in [1.807, 2.05) is 27.8 Å². The van der Waals surface area contributed by atoms with E-state index >= 15 is 0 Å². The largest absolute Gasteiger partial charge is 0.375 e. The SMILES string of the molecule is COCC(=O)N1C[C@H]2CN(c3cncc4nccn34)C[C@H]2[C@@H]1c1cccc(F)c1. The lowest BCUT2D eigenvalue weighted by Crippen LogP contribution is -2.37. The number of hydrogen-bond donors (Lipinski definition) is 0. The molecule has 150 valence electrons. The summed E-state index contributed by atoms with van der Waals surface area (Å²) in [5.41, 5.74) is 1.64. The number of carbonyl (C=O) groups is 1. The topological polar surface area (TPSA) is 63.0 Å². The van der Waals surface area contributed by atoms with Crippen molar-refractivity contribution < 1.29 is 13.9 Å². The number of rotatable bonds is 4. The molecule has 3 atom stereocenters. The number of fused-ring (bicyclic) bond motifs is 2. The molecule has 0 N–H and O–H groups in total. The summed E-state index contributed by atoms with van der Waals surface area (Å²) in [4.78, 5) is 25.5. The van der Waals surface area contributed by atoms with Crippen LogP contribution < -0.4 is 4.90 Å². The third-order valence-electron chi connectivity index (χ3n) is 6.06. The molecule has 0 unspecified atom stereocenters. The van der Waals surface area contributed by atoms with E-state index in [-0.39, 0.29) is 30.3 Å². The van der Waals surface area contributed by atoms with Crippen molar-refractivity contribution in [3.05, 3.63) is 60.4 Å². The normalized spacial score (nSPS) is 23.7. The smallest absolute Gasteiger partial charge is 0.249 e. The Kier molecular flexibility index (Phi) is 4.43. The molecule has 2 saturated heterocycles. The van der Waals surface area contributed by atoms with Crippen LogP contribution in [0.4, 0.5) is 10.2 Å². The molecule has 5 rings (SSSR count). The number of hydrogen-bond acceptors (Lipinski definition) is 5. The Labute approximate surface area is 167 Å². The van der Waals surface area contributed by atoms with Crippen LogP contribution in [0.5, 0.6) is 0 Å². The van der Waals surface area contributed by atoms with Gasteiger partial charge in [-0.3, -0.25) is 14.2 Å². The monoisotopic (exact) mass is 395 g/mol. The van der Waals surface area contributed by atoms with Crippen LogP contribution in [0.3, 0.4) is 0 Å². The van der Waals surface area contributed by atoms with Gasteiger partial charge in [0.2, 0.25) is 5.91 Å². The quantitative estimate of drug-likeness (QED) is 0.677. The van der Waals surface area contributed by atoms with Gasteiger partial charge >= 0.3 is 0 Å². The lowest BCUT2D eigenvalue weighted by atomic mass is 9.89. The van der Waals surface area contributed by atoms with Gasteiger partial charge in [0.05, 0.1) is 18.4 Å². The molecule has 29 heavy (non-hydrogen) atoms. The highest BCUT2D eigenvalue weighted by Crippen LogP contribution is 2.46. The van der Waals surface area contributed by atoms with Gasteiger partial charge in [0.15, 0.2) is 5.65 Å². The fourth-order valence-corrected chi connectivity index (χ4v) is 4.88. The number of ether oxygens (including phenoxy) is 1. The highest BCUT2D eigenvalue weighted by atomic mass is 19.1. The van der Waals surface area contributed by atoms with E-state index in [4.69, 9.17) is 4.74 Å². The van der Waals surface area contributed by atoms with E-state index in [2.05, 4.69) is 14.9 Å². The number of nitrogens with zero attached hydrogens (tertiary/aromatic N) is 5. The van der Waals surface area contributed by atoms with E-state index in [9.17, 15) is 9.18 Å². The molecule has 2 aliphatic heterocycles. The summed E-state index contributed by atoms with van der Waals surface area (Å²) in [6.07, 6.45) is 7.28. The average molecular weight is 395 g/mol. The molecular formula is C21H22FN5O2. The summed E-state index contributed by atoms with van der Waals surface area (Å²) in [6.45, 7) is 2.25. The molecule has 3 aromatic rings. The number of benzene rings is 1. The van der Waals surface area contributed by atoms with Crippen LogP contribution in [-0.4, -0.2) is 58.5 Å². The number of methoxy groups -OCH3 is 1. The molecule has 4 heterocycles. The van der Waals surface area contributed by atoms with Gasteiger partial charge in [-0.2, -0.15) is 0 Å². The third-order valence-corrected chi connectivity index (χ3v) is 6.06. The highest BCUT2D eigenvalue weighted by molar-refractivity contribution is 5.78. The van der Waals surface area contributed by atoms with Crippen molar-refractivity contribution in [3.8, 4) is 0 Å². The molecule has 0 bridgehead atoms. The van der Waals surface area contributed by atoms with Gasteiger partial charge in [-0.1, -0.05) is 12.1 Å². The first kappa shape index (κ1) is 18.1. The second-order valence-corrected chi connectivity index (χ2v) is 7.73. The summed E-state index contributed by atoms with van der Waals surface area (Å²) in [5, 5.41) is 0. The summed E-state index contributed by atoms with van der Waals surface area (Å²) in [6, 6.07) is 6.42. The van der Waals surface area contributed by atoms with Crippen LogP contribution in [0, 0.1) is 17.7 Å². The maximum absolute atomic E-state index is 14.0. The average Bonchev–Trinajstić information content (AvgIpc) is 3.41. The van der Waals surface area contributed by atoms with E-state index in [1.54, 1.807) is 24.5 Å². The number of imidazole rings is 1. The molecule has 1 amide bonds. The number of likely N-dealkylation sites (tertiary alicyclic amines) is 1. The fourth-order valence-electron chi connectivity index (χ4n) is 4.88. The molecule has 0 saturated carbocycles. The number of carbonyl (C=O) groups excluding carboxylic acids is 1. The molecule has 7 nitrogen and oxygen atoms in total. The Balaban J connectivity index is 1.48. The second-order valence-electron chi connectivity index (χ2n) is 7.73. The molecule has 1 aromatic carbocycles. The van der Waals surface area contributed by atoms with Crippen molar-refractivity contribution >= 4 is 17.4 Å². The van der Waals surface area contributed by atoms with Crippen LogP contribution >= 0.6 is 0 Å². The van der Waals surface area contributed by atoms with E-state index < -0.39 is 0 Å². The maximum atomic E-state index is 14.0. The zero-order valence-electron chi connectivity index (χ0n) is 16.1. The van der Waals surface area contributed by atoms with Gasteiger partial charge < -0.3 is 14.5 Å². The summed E-state index contributed by atoms with van der Waals surface area (Å²) in [7, 11) is 1.52. The van der Waals surface area contributed by atoms with Crippen molar-refractivity contribution in [2.75, 3.05) is 38.3 Å². The number of anilines is 1. The number of amides is 1. The van der Waals surface area contributed by atoms with Gasteiger partial charge in [0.1, 0.15) is 18.2 Å². The van der Waals surface area contributed by atoms with Crippen LogP contribution in [0.15, 0.2) is 49.1 Å². The highest BCUT2D eigenvalue weighted by Gasteiger charge is 2.49. The predicted octanol–water partition coefficient (Wildman–Crippen LogP) is 2.15. The molecule has 2 aliphatic rings. The van der Waals surface area contributed by atoms with Crippen LogP contribution in [0.2, 0.25) is 0 Å². The Hall–Kier alpha value is -3.00. The van der Waals surface area contributed by atoms with Gasteiger partial charge in [-0.05, 0) is 17.7 Å². The zero-order chi connectivity index (χ0) is 20.0.